The van der Waals surface area contributed by atoms with Crippen molar-refractivity contribution in [2.75, 3.05) is 13.2 Å². The summed E-state index contributed by atoms with van der Waals surface area (Å²) < 4.78 is 10.3. The van der Waals surface area contributed by atoms with Gasteiger partial charge in [0, 0.05) is 21.2 Å². The van der Waals surface area contributed by atoms with E-state index in [-0.39, 0.29) is 0 Å². The average Bonchev–Trinajstić information content (AvgIpc) is 2.00. The number of halogens is 1. The van der Waals surface area contributed by atoms with Crippen molar-refractivity contribution in [3.05, 3.63) is 0 Å². The van der Waals surface area contributed by atoms with Gasteiger partial charge in [-0.25, -0.2) is 0 Å². The third kappa shape index (κ3) is 10.9. The Hall–Kier alpha value is 0.960. The first kappa shape index (κ1) is 14.0. The SMILES string of the molecule is CC(CCOSI)COC(C)(C)O. The summed E-state index contributed by atoms with van der Waals surface area (Å²) in [5, 5.41) is 9.28. The Labute approximate surface area is 96.4 Å². The van der Waals surface area contributed by atoms with E-state index in [2.05, 4.69) is 28.1 Å². The third-order valence-corrected chi connectivity index (χ3v) is 2.48. The van der Waals surface area contributed by atoms with Crippen LogP contribution in [0.15, 0.2) is 0 Å². The van der Waals surface area contributed by atoms with Crippen molar-refractivity contribution in [3.63, 3.8) is 0 Å². The maximum Gasteiger partial charge on any atom is 0.159 e. The van der Waals surface area contributed by atoms with Gasteiger partial charge in [0.15, 0.2) is 5.79 Å². The lowest BCUT2D eigenvalue weighted by molar-refractivity contribution is -0.183. The van der Waals surface area contributed by atoms with Crippen LogP contribution in [0, 0.1) is 5.92 Å². The Balaban J connectivity index is 3.35. The van der Waals surface area contributed by atoms with Crippen molar-refractivity contribution in [2.45, 2.75) is 33.0 Å². The fourth-order valence-corrected chi connectivity index (χ4v) is 1.41. The van der Waals surface area contributed by atoms with Crippen LogP contribution >= 0.6 is 30.4 Å². The molecule has 1 N–H and O–H groups in total. The molecule has 0 spiro atoms. The number of rotatable bonds is 7. The molecule has 1 unspecified atom stereocenters. The molecule has 0 aromatic rings. The van der Waals surface area contributed by atoms with Crippen molar-refractivity contribution in [2.24, 2.45) is 5.92 Å². The van der Waals surface area contributed by atoms with Gasteiger partial charge in [0.05, 0.1) is 22.4 Å². The fraction of sp³-hybridized carbons (Fsp3) is 1.00. The summed E-state index contributed by atoms with van der Waals surface area (Å²) in [6.07, 6.45) is 0.950. The van der Waals surface area contributed by atoms with Crippen molar-refractivity contribution in [1.29, 1.82) is 0 Å². The molecule has 0 fully saturated rings. The largest absolute Gasteiger partial charge is 0.366 e. The van der Waals surface area contributed by atoms with Crippen LogP contribution in [-0.2, 0) is 8.92 Å². The molecule has 3 nitrogen and oxygen atoms in total. The summed E-state index contributed by atoms with van der Waals surface area (Å²) in [5.74, 6) is -0.609. The molecule has 80 valence electrons. The molecule has 0 aliphatic rings. The van der Waals surface area contributed by atoms with Crippen molar-refractivity contribution < 1.29 is 14.0 Å². The molecule has 0 aliphatic heterocycles. The van der Waals surface area contributed by atoms with E-state index in [1.54, 1.807) is 13.8 Å². The smallest absolute Gasteiger partial charge is 0.159 e. The predicted molar refractivity (Wildman–Crippen MR) is 63.6 cm³/mol. The highest BCUT2D eigenvalue weighted by atomic mass is 127. The van der Waals surface area contributed by atoms with Gasteiger partial charge in [-0.2, -0.15) is 0 Å². The summed E-state index contributed by atoms with van der Waals surface area (Å²) in [6, 6.07) is 0. The van der Waals surface area contributed by atoms with E-state index in [0.29, 0.717) is 12.5 Å². The Kier molecular flexibility index (Phi) is 7.82. The highest BCUT2D eigenvalue weighted by Gasteiger charge is 2.14. The molecule has 0 aliphatic carbocycles. The summed E-state index contributed by atoms with van der Waals surface area (Å²) in [4.78, 5) is 0. The second kappa shape index (κ2) is 7.28. The summed E-state index contributed by atoms with van der Waals surface area (Å²) in [5.41, 5.74) is 0. The lowest BCUT2D eigenvalue weighted by Crippen LogP contribution is -2.26. The molecule has 0 bridgehead atoms. The first-order chi connectivity index (χ1) is 5.95. The lowest BCUT2D eigenvalue weighted by Gasteiger charge is -2.20. The van der Waals surface area contributed by atoms with Crippen LogP contribution in [0.1, 0.15) is 27.2 Å². The monoisotopic (exact) mass is 320 g/mol. The maximum atomic E-state index is 9.28. The molecule has 0 radical (unpaired) electrons. The van der Waals surface area contributed by atoms with E-state index in [0.717, 1.165) is 13.0 Å². The Morgan fingerprint density at radius 2 is 2.15 bits per heavy atom. The van der Waals surface area contributed by atoms with Crippen LogP contribution < -0.4 is 0 Å². The summed E-state index contributed by atoms with van der Waals surface area (Å²) in [7, 11) is 1.35. The average molecular weight is 320 g/mol. The summed E-state index contributed by atoms with van der Waals surface area (Å²) in [6.45, 7) is 6.64. The molecule has 0 amide bonds. The molecule has 0 aromatic heterocycles. The van der Waals surface area contributed by atoms with Gasteiger partial charge in [-0.3, -0.25) is 0 Å². The minimum absolute atomic E-state index is 0.412. The van der Waals surface area contributed by atoms with Crippen LogP contribution in [0.25, 0.3) is 0 Å². The lowest BCUT2D eigenvalue weighted by atomic mass is 10.1. The minimum atomic E-state index is -1.02. The second-order valence-corrected chi connectivity index (χ2v) is 4.98. The maximum absolute atomic E-state index is 9.28. The fourth-order valence-electron chi connectivity index (χ4n) is 0.710. The van der Waals surface area contributed by atoms with Crippen molar-refractivity contribution in [3.8, 4) is 0 Å². The van der Waals surface area contributed by atoms with E-state index >= 15 is 0 Å². The first-order valence-electron chi connectivity index (χ1n) is 4.22. The van der Waals surface area contributed by atoms with Gasteiger partial charge in [-0.15, -0.1) is 0 Å². The van der Waals surface area contributed by atoms with E-state index in [1.165, 1.54) is 9.21 Å². The normalized spacial score (nSPS) is 14.5. The van der Waals surface area contributed by atoms with Gasteiger partial charge in [0.1, 0.15) is 0 Å². The van der Waals surface area contributed by atoms with E-state index in [4.69, 9.17) is 8.92 Å². The third-order valence-electron chi connectivity index (χ3n) is 1.46. The number of hydrogen-bond acceptors (Lipinski definition) is 4. The van der Waals surface area contributed by atoms with Crippen LogP contribution in [-0.4, -0.2) is 24.1 Å². The van der Waals surface area contributed by atoms with Gasteiger partial charge in [0.25, 0.3) is 0 Å². The van der Waals surface area contributed by atoms with Crippen LogP contribution in [0.3, 0.4) is 0 Å². The number of ether oxygens (including phenoxy) is 1. The van der Waals surface area contributed by atoms with Crippen LogP contribution in [0.5, 0.6) is 0 Å². The van der Waals surface area contributed by atoms with E-state index in [9.17, 15) is 5.11 Å². The molecular formula is C8H17IO3S. The van der Waals surface area contributed by atoms with Crippen molar-refractivity contribution in [1.82, 2.24) is 0 Å². The van der Waals surface area contributed by atoms with Gasteiger partial charge < -0.3 is 14.0 Å². The zero-order valence-electron chi connectivity index (χ0n) is 8.25. The molecule has 0 aromatic carbocycles. The standard InChI is InChI=1S/C8H17IO3S/c1-7(4-5-12-13-9)6-11-8(2,3)10/h7,10H,4-6H2,1-3H3. The Morgan fingerprint density at radius 1 is 1.54 bits per heavy atom. The molecule has 1 atom stereocenters. The number of aliphatic hydroxyl groups is 1. The molecule has 0 heterocycles. The second-order valence-electron chi connectivity index (χ2n) is 3.54. The number of hydrogen-bond donors (Lipinski definition) is 1. The summed E-state index contributed by atoms with van der Waals surface area (Å²) >= 11 is 2.09. The van der Waals surface area contributed by atoms with Crippen LogP contribution in [0.2, 0.25) is 0 Å². The topological polar surface area (TPSA) is 38.7 Å². The Morgan fingerprint density at radius 3 is 2.62 bits per heavy atom. The Bertz CT molecular complexity index is 127. The van der Waals surface area contributed by atoms with E-state index in [1.807, 2.05) is 0 Å². The zero-order chi connectivity index (χ0) is 10.3. The van der Waals surface area contributed by atoms with Crippen molar-refractivity contribution >= 4 is 30.4 Å². The molecule has 13 heavy (non-hydrogen) atoms. The highest BCUT2D eigenvalue weighted by Crippen LogP contribution is 2.15. The minimum Gasteiger partial charge on any atom is -0.366 e. The van der Waals surface area contributed by atoms with Gasteiger partial charge in [0.2, 0.25) is 0 Å². The first-order valence-corrected chi connectivity index (χ1v) is 7.50. The van der Waals surface area contributed by atoms with E-state index < -0.39 is 5.79 Å². The van der Waals surface area contributed by atoms with Gasteiger partial charge >= 0.3 is 0 Å². The molecule has 0 rings (SSSR count). The van der Waals surface area contributed by atoms with Gasteiger partial charge in [-0.1, -0.05) is 6.92 Å². The highest BCUT2D eigenvalue weighted by molar-refractivity contribution is 14.2. The van der Waals surface area contributed by atoms with Gasteiger partial charge in [-0.05, 0) is 26.2 Å². The zero-order valence-corrected chi connectivity index (χ0v) is 11.2. The van der Waals surface area contributed by atoms with Crippen LogP contribution in [0.4, 0.5) is 0 Å². The quantitative estimate of drug-likeness (QED) is 0.339. The molecule has 5 heteroatoms. The molecule has 0 saturated heterocycles. The predicted octanol–water partition coefficient (Wildman–Crippen LogP) is 2.77. The molecule has 0 saturated carbocycles. The molecular weight excluding hydrogens is 303 g/mol.